The summed E-state index contributed by atoms with van der Waals surface area (Å²) in [7, 11) is 1.87. The molecule has 2 aliphatic rings. The van der Waals surface area contributed by atoms with Crippen molar-refractivity contribution in [3.05, 3.63) is 76.3 Å². The van der Waals surface area contributed by atoms with Crippen LogP contribution in [-0.4, -0.2) is 48.4 Å². The van der Waals surface area contributed by atoms with Gasteiger partial charge in [0.1, 0.15) is 11.8 Å². The van der Waals surface area contributed by atoms with Gasteiger partial charge in [0.2, 0.25) is 5.91 Å². The van der Waals surface area contributed by atoms with Crippen LogP contribution >= 0.6 is 11.6 Å². The molecule has 0 aliphatic carbocycles. The highest BCUT2D eigenvalue weighted by Gasteiger charge is 2.35. The molecule has 2 aliphatic heterocycles. The molecule has 0 saturated carbocycles. The van der Waals surface area contributed by atoms with Crippen LogP contribution in [0.5, 0.6) is 5.75 Å². The number of rotatable bonds is 5. The van der Waals surface area contributed by atoms with Crippen LogP contribution < -0.4 is 10.2 Å². The molecular formula is C29H31ClN4O2. The Morgan fingerprint density at radius 2 is 2.03 bits per heavy atom. The van der Waals surface area contributed by atoms with Crippen molar-refractivity contribution in [2.75, 3.05) is 25.0 Å². The van der Waals surface area contributed by atoms with Crippen molar-refractivity contribution < 1.29 is 9.90 Å². The van der Waals surface area contributed by atoms with E-state index in [0.29, 0.717) is 17.6 Å². The molecule has 3 aromatic rings. The number of aromatic hydroxyl groups is 1. The fourth-order valence-electron chi connectivity index (χ4n) is 5.24. The maximum Gasteiger partial charge on any atom is 0.250 e. The van der Waals surface area contributed by atoms with Crippen LogP contribution in [0.15, 0.2) is 59.6 Å². The van der Waals surface area contributed by atoms with Crippen LogP contribution in [-0.2, 0) is 4.79 Å². The quantitative estimate of drug-likeness (QED) is 0.465. The summed E-state index contributed by atoms with van der Waals surface area (Å²) in [5.74, 6) is 0.203. The summed E-state index contributed by atoms with van der Waals surface area (Å²) in [5, 5.41) is 14.2. The Hall–Kier alpha value is -3.35. The number of phenols is 1. The standard InChI is InChI=1S/C29H31ClN4O2/c1-18-10-21(30)14-23(11-18)34-17-32-27-12-19(2)25(20-6-4-8-24(35)13-20)15-26(27)28(34)29(36)33(3)16-22-7-5-9-31-22/h4,6,8,10-15,17,22,28,31,35H,5,7,9,16H2,1-3H3/t22-,28?/m1/s1. The molecule has 2 atom stereocenters. The molecule has 0 bridgehead atoms. The summed E-state index contributed by atoms with van der Waals surface area (Å²) >= 11 is 6.42. The molecule has 0 radical (unpaired) electrons. The highest BCUT2D eigenvalue weighted by atomic mass is 35.5. The number of aliphatic imine (C=N–C) groups is 1. The third-order valence-corrected chi connectivity index (χ3v) is 7.23. The molecule has 5 rings (SSSR count). The second-order valence-electron chi connectivity index (χ2n) is 9.83. The van der Waals surface area contributed by atoms with E-state index in [9.17, 15) is 9.90 Å². The van der Waals surface area contributed by atoms with Gasteiger partial charge >= 0.3 is 0 Å². The molecule has 1 amide bonds. The molecule has 0 aromatic heterocycles. The third kappa shape index (κ3) is 4.84. The summed E-state index contributed by atoms with van der Waals surface area (Å²) in [6.07, 6.45) is 3.94. The number of nitrogens with zero attached hydrogens (tertiary/aromatic N) is 3. The lowest BCUT2D eigenvalue weighted by Crippen LogP contribution is -2.46. The predicted molar refractivity (Wildman–Crippen MR) is 147 cm³/mol. The summed E-state index contributed by atoms with van der Waals surface area (Å²) in [4.78, 5) is 22.6. The van der Waals surface area contributed by atoms with Crippen LogP contribution in [0.1, 0.15) is 35.6 Å². The molecule has 186 valence electrons. The van der Waals surface area contributed by atoms with Crippen molar-refractivity contribution in [3.63, 3.8) is 0 Å². The lowest BCUT2D eigenvalue weighted by atomic mass is 9.91. The summed E-state index contributed by atoms with van der Waals surface area (Å²) in [6.45, 7) is 5.65. The van der Waals surface area contributed by atoms with Crippen LogP contribution in [0.2, 0.25) is 5.02 Å². The smallest absolute Gasteiger partial charge is 0.250 e. The number of phenolic OH excluding ortho intramolecular Hbond substituents is 1. The number of carbonyl (C=O) groups is 1. The normalized spacial score (nSPS) is 18.8. The van der Waals surface area contributed by atoms with Crippen LogP contribution in [0.3, 0.4) is 0 Å². The van der Waals surface area contributed by atoms with Gasteiger partial charge in [0.05, 0.1) is 12.0 Å². The SMILES string of the molecule is Cc1cc(Cl)cc(N2C=Nc3cc(C)c(-c4cccc(O)c4)cc3C2C(=O)N(C)C[C@H]2CCCN2)c1. The van der Waals surface area contributed by atoms with Crippen molar-refractivity contribution >= 4 is 35.2 Å². The molecule has 3 aromatic carbocycles. The van der Waals surface area contributed by atoms with E-state index in [1.54, 1.807) is 18.5 Å². The number of benzene rings is 3. The Kier molecular flexibility index (Phi) is 6.73. The Morgan fingerprint density at radius 3 is 2.75 bits per heavy atom. The van der Waals surface area contributed by atoms with Crippen LogP contribution in [0.4, 0.5) is 11.4 Å². The fourth-order valence-corrected chi connectivity index (χ4v) is 5.53. The van der Waals surface area contributed by atoms with Gasteiger partial charge in [-0.2, -0.15) is 0 Å². The number of amides is 1. The van der Waals surface area contributed by atoms with Crippen molar-refractivity contribution in [1.82, 2.24) is 10.2 Å². The lowest BCUT2D eigenvalue weighted by Gasteiger charge is -2.36. The van der Waals surface area contributed by atoms with Gasteiger partial charge in [-0.1, -0.05) is 23.7 Å². The van der Waals surface area contributed by atoms with E-state index in [1.807, 2.05) is 73.2 Å². The first-order chi connectivity index (χ1) is 17.3. The number of nitrogens with one attached hydrogen (secondary N) is 1. The lowest BCUT2D eigenvalue weighted by molar-refractivity contribution is -0.131. The second-order valence-corrected chi connectivity index (χ2v) is 10.3. The number of likely N-dealkylation sites (N-methyl/N-ethyl adjacent to an activating group) is 1. The zero-order chi connectivity index (χ0) is 25.4. The minimum atomic E-state index is -0.599. The summed E-state index contributed by atoms with van der Waals surface area (Å²) < 4.78 is 0. The summed E-state index contributed by atoms with van der Waals surface area (Å²) in [6, 6.07) is 16.8. The Bertz CT molecular complexity index is 1310. The maximum absolute atomic E-state index is 14.1. The largest absolute Gasteiger partial charge is 0.508 e. The Morgan fingerprint density at radius 1 is 1.19 bits per heavy atom. The van der Waals surface area contributed by atoms with E-state index in [0.717, 1.165) is 58.6 Å². The maximum atomic E-state index is 14.1. The highest BCUT2D eigenvalue weighted by Crippen LogP contribution is 2.41. The average molecular weight is 503 g/mol. The van der Waals surface area contributed by atoms with Crippen molar-refractivity contribution in [2.45, 2.75) is 38.8 Å². The van der Waals surface area contributed by atoms with E-state index in [4.69, 9.17) is 16.6 Å². The molecule has 2 heterocycles. The van der Waals surface area contributed by atoms with E-state index >= 15 is 0 Å². The first-order valence-electron chi connectivity index (χ1n) is 12.3. The molecule has 1 saturated heterocycles. The average Bonchev–Trinajstić information content (AvgIpc) is 3.35. The topological polar surface area (TPSA) is 68.2 Å². The van der Waals surface area contributed by atoms with Gasteiger partial charge in [0.25, 0.3) is 0 Å². The number of halogens is 1. The Balaban J connectivity index is 1.61. The molecule has 0 spiro atoms. The van der Waals surface area contributed by atoms with Gasteiger partial charge in [-0.3, -0.25) is 4.79 Å². The van der Waals surface area contributed by atoms with Crippen molar-refractivity contribution in [1.29, 1.82) is 0 Å². The van der Waals surface area contributed by atoms with E-state index < -0.39 is 6.04 Å². The van der Waals surface area contributed by atoms with E-state index in [1.165, 1.54) is 0 Å². The van der Waals surface area contributed by atoms with Gasteiger partial charge in [-0.25, -0.2) is 4.99 Å². The van der Waals surface area contributed by atoms with Crippen molar-refractivity contribution in [2.24, 2.45) is 4.99 Å². The highest BCUT2D eigenvalue weighted by molar-refractivity contribution is 6.31. The van der Waals surface area contributed by atoms with Gasteiger partial charge in [0, 0.05) is 35.9 Å². The number of fused-ring (bicyclic) bond motifs is 1. The minimum Gasteiger partial charge on any atom is -0.508 e. The number of aryl methyl sites for hydroxylation is 2. The summed E-state index contributed by atoms with van der Waals surface area (Å²) in [5.41, 5.74) is 6.31. The molecule has 36 heavy (non-hydrogen) atoms. The molecular weight excluding hydrogens is 472 g/mol. The minimum absolute atomic E-state index is 0.000518. The van der Waals surface area contributed by atoms with E-state index in [2.05, 4.69) is 5.32 Å². The van der Waals surface area contributed by atoms with E-state index in [-0.39, 0.29) is 11.7 Å². The zero-order valence-corrected chi connectivity index (χ0v) is 21.6. The Labute approximate surface area is 217 Å². The number of anilines is 1. The first kappa shape index (κ1) is 24.3. The second kappa shape index (κ2) is 9.96. The number of hydrogen-bond donors (Lipinski definition) is 2. The van der Waals surface area contributed by atoms with Crippen LogP contribution in [0, 0.1) is 13.8 Å². The van der Waals surface area contributed by atoms with Crippen molar-refractivity contribution in [3.8, 4) is 16.9 Å². The first-order valence-corrected chi connectivity index (χ1v) is 12.7. The fraction of sp³-hybridized carbons (Fsp3) is 0.310. The van der Waals surface area contributed by atoms with Gasteiger partial charge < -0.3 is 20.2 Å². The molecule has 1 unspecified atom stereocenters. The zero-order valence-electron chi connectivity index (χ0n) is 20.8. The molecule has 7 heteroatoms. The third-order valence-electron chi connectivity index (χ3n) is 7.02. The van der Waals surface area contributed by atoms with Gasteiger partial charge in [-0.05, 0) is 98.0 Å². The number of carbonyl (C=O) groups excluding carboxylic acids is 1. The molecule has 2 N–H and O–H groups in total. The molecule has 1 fully saturated rings. The van der Waals surface area contributed by atoms with Crippen LogP contribution in [0.25, 0.3) is 11.1 Å². The molecule has 6 nitrogen and oxygen atoms in total. The monoisotopic (exact) mass is 502 g/mol. The van der Waals surface area contributed by atoms with Gasteiger partial charge in [-0.15, -0.1) is 0 Å². The van der Waals surface area contributed by atoms with Gasteiger partial charge in [0.15, 0.2) is 0 Å². The predicted octanol–water partition coefficient (Wildman–Crippen LogP) is 5.76. The number of hydrogen-bond acceptors (Lipinski definition) is 5.